The molecule has 2 aromatic carbocycles. The summed E-state index contributed by atoms with van der Waals surface area (Å²) in [7, 11) is 0. The molecule has 0 spiro atoms. The van der Waals surface area contributed by atoms with Gasteiger partial charge < -0.3 is 5.11 Å². The van der Waals surface area contributed by atoms with Gasteiger partial charge in [-0.15, -0.1) is 0 Å². The van der Waals surface area contributed by atoms with Crippen LogP contribution in [0.3, 0.4) is 0 Å². The molecule has 1 saturated heterocycles. The van der Waals surface area contributed by atoms with Gasteiger partial charge in [-0.05, 0) is 30.9 Å². The lowest BCUT2D eigenvalue weighted by Gasteiger charge is -2.38. The minimum absolute atomic E-state index is 0.541. The summed E-state index contributed by atoms with van der Waals surface area (Å²) in [5.74, 6) is 0. The van der Waals surface area contributed by atoms with Crippen molar-refractivity contribution < 1.29 is 5.11 Å². The molecule has 1 aliphatic heterocycles. The molecule has 0 atom stereocenters. The molecule has 2 aromatic rings. The minimum atomic E-state index is -0.541. The van der Waals surface area contributed by atoms with Gasteiger partial charge in [-0.3, -0.25) is 4.90 Å². The van der Waals surface area contributed by atoms with Crippen LogP contribution in [0.5, 0.6) is 0 Å². The van der Waals surface area contributed by atoms with Crippen molar-refractivity contribution in [1.82, 2.24) is 4.90 Å². The summed E-state index contributed by atoms with van der Waals surface area (Å²) in [5.41, 5.74) is 3.33. The van der Waals surface area contributed by atoms with E-state index in [-0.39, 0.29) is 0 Å². The third kappa shape index (κ3) is 3.96. The lowest BCUT2D eigenvalue weighted by Crippen LogP contribution is -2.45. The van der Waals surface area contributed by atoms with Crippen molar-refractivity contribution in [3.8, 4) is 0 Å². The number of piperidine rings is 1. The molecule has 1 heterocycles. The van der Waals surface area contributed by atoms with E-state index >= 15 is 0 Å². The van der Waals surface area contributed by atoms with Crippen LogP contribution in [0.25, 0.3) is 0 Å². The molecule has 1 N–H and O–H groups in total. The molecule has 0 aliphatic carbocycles. The van der Waals surface area contributed by atoms with Gasteiger partial charge in [0.1, 0.15) is 0 Å². The summed E-state index contributed by atoms with van der Waals surface area (Å²) < 4.78 is 0. The minimum Gasteiger partial charge on any atom is -0.389 e. The average molecular weight is 295 g/mol. The summed E-state index contributed by atoms with van der Waals surface area (Å²) in [4.78, 5) is 2.44. The van der Waals surface area contributed by atoms with Gasteiger partial charge in [-0.2, -0.15) is 0 Å². The van der Waals surface area contributed by atoms with Crippen LogP contribution in [0.15, 0.2) is 54.6 Å². The number of aliphatic hydroxyl groups is 1. The zero-order chi connectivity index (χ0) is 15.4. The average Bonchev–Trinajstić information content (AvgIpc) is 2.51. The van der Waals surface area contributed by atoms with E-state index in [1.807, 2.05) is 0 Å². The van der Waals surface area contributed by atoms with Crippen LogP contribution in [-0.2, 0) is 13.0 Å². The van der Waals surface area contributed by atoms with E-state index in [1.54, 1.807) is 0 Å². The Balaban J connectivity index is 1.56. The first kappa shape index (κ1) is 15.3. The van der Waals surface area contributed by atoms with E-state index in [0.717, 1.165) is 38.9 Å². The van der Waals surface area contributed by atoms with E-state index < -0.39 is 5.60 Å². The third-order valence-electron chi connectivity index (χ3n) is 4.65. The number of nitrogens with zero attached hydrogens (tertiary/aromatic N) is 1. The van der Waals surface area contributed by atoms with Crippen molar-refractivity contribution in [1.29, 1.82) is 0 Å². The normalized spacial score (nSPS) is 18.3. The van der Waals surface area contributed by atoms with Gasteiger partial charge in [0.15, 0.2) is 0 Å². The summed E-state index contributed by atoms with van der Waals surface area (Å²) in [6, 6.07) is 19.1. The Morgan fingerprint density at radius 3 is 2.32 bits per heavy atom. The highest BCUT2D eigenvalue weighted by Crippen LogP contribution is 2.27. The predicted molar refractivity (Wildman–Crippen MR) is 90.8 cm³/mol. The molecule has 1 aliphatic rings. The predicted octanol–water partition coefficient (Wildman–Crippen LogP) is 3.56. The fourth-order valence-corrected chi connectivity index (χ4v) is 3.35. The number of rotatable bonds is 4. The van der Waals surface area contributed by atoms with Crippen LogP contribution in [0.2, 0.25) is 0 Å². The zero-order valence-corrected chi connectivity index (χ0v) is 13.3. The molecule has 0 unspecified atom stereocenters. The van der Waals surface area contributed by atoms with Crippen molar-refractivity contribution >= 4 is 0 Å². The molecule has 0 aromatic heterocycles. The van der Waals surface area contributed by atoms with E-state index in [0.29, 0.717) is 0 Å². The molecule has 3 rings (SSSR count). The van der Waals surface area contributed by atoms with Gasteiger partial charge in [0.25, 0.3) is 0 Å². The Bertz CT molecular complexity index is 600. The second kappa shape index (κ2) is 6.64. The Morgan fingerprint density at radius 1 is 0.955 bits per heavy atom. The maximum absolute atomic E-state index is 10.9. The standard InChI is InChI=1S/C20H25NO/c1-17-6-5-9-19(14-17)15-20(22)10-12-21(13-11-20)16-18-7-3-2-4-8-18/h2-9,14,22H,10-13,15-16H2,1H3. The van der Waals surface area contributed by atoms with Gasteiger partial charge in [-0.25, -0.2) is 0 Å². The van der Waals surface area contributed by atoms with Gasteiger partial charge in [0.2, 0.25) is 0 Å². The van der Waals surface area contributed by atoms with Crippen LogP contribution in [0.4, 0.5) is 0 Å². The fourth-order valence-electron chi connectivity index (χ4n) is 3.35. The van der Waals surface area contributed by atoms with Gasteiger partial charge in [0, 0.05) is 26.1 Å². The number of aryl methyl sites for hydroxylation is 1. The SMILES string of the molecule is Cc1cccc(CC2(O)CCN(Cc3ccccc3)CC2)c1. The highest BCUT2D eigenvalue weighted by Gasteiger charge is 2.32. The quantitative estimate of drug-likeness (QED) is 0.932. The van der Waals surface area contributed by atoms with Crippen LogP contribution in [0.1, 0.15) is 29.5 Å². The molecule has 1 fully saturated rings. The first-order valence-corrected chi connectivity index (χ1v) is 8.17. The Hall–Kier alpha value is -1.64. The molecule has 116 valence electrons. The molecule has 22 heavy (non-hydrogen) atoms. The van der Waals surface area contributed by atoms with Crippen LogP contribution in [-0.4, -0.2) is 28.7 Å². The monoisotopic (exact) mass is 295 g/mol. The summed E-state index contributed by atoms with van der Waals surface area (Å²) in [6.07, 6.45) is 2.48. The van der Waals surface area contributed by atoms with Crippen molar-refractivity contribution in [2.24, 2.45) is 0 Å². The van der Waals surface area contributed by atoms with E-state index in [1.165, 1.54) is 16.7 Å². The molecule has 2 heteroatoms. The Morgan fingerprint density at radius 2 is 1.64 bits per heavy atom. The van der Waals surface area contributed by atoms with Crippen molar-refractivity contribution in [3.05, 3.63) is 71.3 Å². The summed E-state index contributed by atoms with van der Waals surface area (Å²) in [6.45, 7) is 5.03. The lowest BCUT2D eigenvalue weighted by molar-refractivity contribution is -0.0224. The third-order valence-corrected chi connectivity index (χ3v) is 4.65. The first-order chi connectivity index (χ1) is 10.6. The van der Waals surface area contributed by atoms with Gasteiger partial charge in [0.05, 0.1) is 5.60 Å². The molecule has 0 amide bonds. The molecule has 0 bridgehead atoms. The largest absolute Gasteiger partial charge is 0.389 e. The second-order valence-corrected chi connectivity index (χ2v) is 6.65. The topological polar surface area (TPSA) is 23.5 Å². The van der Waals surface area contributed by atoms with Crippen molar-refractivity contribution in [2.75, 3.05) is 13.1 Å². The number of hydrogen-bond acceptors (Lipinski definition) is 2. The smallest absolute Gasteiger partial charge is 0.0712 e. The summed E-state index contributed by atoms with van der Waals surface area (Å²) >= 11 is 0. The molecular weight excluding hydrogens is 270 g/mol. The maximum Gasteiger partial charge on any atom is 0.0712 e. The lowest BCUT2D eigenvalue weighted by atomic mass is 9.85. The molecule has 0 saturated carbocycles. The van der Waals surface area contributed by atoms with Crippen LogP contribution >= 0.6 is 0 Å². The number of likely N-dealkylation sites (tertiary alicyclic amines) is 1. The summed E-state index contributed by atoms with van der Waals surface area (Å²) in [5, 5.41) is 10.9. The molecule has 2 nitrogen and oxygen atoms in total. The molecule has 0 radical (unpaired) electrons. The van der Waals surface area contributed by atoms with Crippen molar-refractivity contribution in [3.63, 3.8) is 0 Å². The van der Waals surface area contributed by atoms with E-state index in [9.17, 15) is 5.11 Å². The highest BCUT2D eigenvalue weighted by molar-refractivity contribution is 5.24. The zero-order valence-electron chi connectivity index (χ0n) is 13.3. The number of benzene rings is 2. The Kier molecular flexibility index (Phi) is 4.60. The molecular formula is C20H25NO. The fraction of sp³-hybridized carbons (Fsp3) is 0.400. The second-order valence-electron chi connectivity index (χ2n) is 6.65. The highest BCUT2D eigenvalue weighted by atomic mass is 16.3. The maximum atomic E-state index is 10.9. The van der Waals surface area contributed by atoms with Gasteiger partial charge in [-0.1, -0.05) is 60.2 Å². The van der Waals surface area contributed by atoms with E-state index in [4.69, 9.17) is 0 Å². The number of hydrogen-bond donors (Lipinski definition) is 1. The van der Waals surface area contributed by atoms with E-state index in [2.05, 4.69) is 66.4 Å². The van der Waals surface area contributed by atoms with Gasteiger partial charge >= 0.3 is 0 Å². The first-order valence-electron chi connectivity index (χ1n) is 8.17. The van der Waals surface area contributed by atoms with Crippen LogP contribution < -0.4 is 0 Å². The van der Waals surface area contributed by atoms with Crippen LogP contribution in [0, 0.1) is 6.92 Å². The van der Waals surface area contributed by atoms with Crippen molar-refractivity contribution in [2.45, 2.75) is 38.3 Å². The Labute approximate surface area is 133 Å².